The minimum atomic E-state index is -0.493. The Labute approximate surface area is 223 Å². The Morgan fingerprint density at radius 3 is 2.53 bits per heavy atom. The summed E-state index contributed by atoms with van der Waals surface area (Å²) in [5.74, 6) is -0.871. The molecule has 1 aliphatic heterocycles. The van der Waals surface area contributed by atoms with Gasteiger partial charge in [0.2, 0.25) is 0 Å². The predicted molar refractivity (Wildman–Crippen MR) is 151 cm³/mol. The summed E-state index contributed by atoms with van der Waals surface area (Å²) in [6.07, 6.45) is 3.88. The fraction of sp³-hybridized carbons (Fsp3) is 0.107. The lowest BCUT2D eigenvalue weighted by atomic mass is 10.1. The van der Waals surface area contributed by atoms with Gasteiger partial charge in [0.05, 0.1) is 15.5 Å². The third-order valence-corrected chi connectivity index (χ3v) is 7.57. The van der Waals surface area contributed by atoms with Gasteiger partial charge in [0, 0.05) is 29.2 Å². The first-order valence-corrected chi connectivity index (χ1v) is 12.9. The normalized spacial score (nSPS) is 14.8. The van der Waals surface area contributed by atoms with E-state index in [4.69, 9.17) is 23.8 Å². The molecule has 8 heteroatoms. The SMILES string of the molecule is Cc1ccc(Cn2cc(/C=C3\SC(=S)N(NC(=O)c4ccc(C)cc4Cl)C3=O)c3ccccc32)cc1. The molecule has 1 fully saturated rings. The summed E-state index contributed by atoms with van der Waals surface area (Å²) in [7, 11) is 0. The van der Waals surface area contributed by atoms with Crippen LogP contribution in [0.5, 0.6) is 0 Å². The first-order chi connectivity index (χ1) is 17.3. The van der Waals surface area contributed by atoms with Gasteiger partial charge in [0.25, 0.3) is 11.8 Å². The van der Waals surface area contributed by atoms with Crippen molar-refractivity contribution in [3.63, 3.8) is 0 Å². The van der Waals surface area contributed by atoms with Gasteiger partial charge in [-0.25, -0.2) is 0 Å². The van der Waals surface area contributed by atoms with Gasteiger partial charge in [-0.05, 0) is 61.5 Å². The number of fused-ring (bicyclic) bond motifs is 1. The monoisotopic (exact) mass is 531 g/mol. The number of thiocarbonyl (C=S) groups is 1. The number of halogens is 1. The van der Waals surface area contributed by atoms with Gasteiger partial charge in [-0.15, -0.1) is 0 Å². The summed E-state index contributed by atoms with van der Waals surface area (Å²) >= 11 is 12.8. The van der Waals surface area contributed by atoms with E-state index in [0.717, 1.165) is 38.8 Å². The summed E-state index contributed by atoms with van der Waals surface area (Å²) in [6.45, 7) is 4.67. The first kappa shape index (κ1) is 24.3. The molecule has 0 radical (unpaired) electrons. The predicted octanol–water partition coefficient (Wildman–Crippen LogP) is 6.51. The maximum absolute atomic E-state index is 13.2. The lowest BCUT2D eigenvalue weighted by molar-refractivity contribution is -0.123. The van der Waals surface area contributed by atoms with Crippen molar-refractivity contribution in [2.24, 2.45) is 0 Å². The van der Waals surface area contributed by atoms with Gasteiger partial charge in [-0.1, -0.05) is 77.5 Å². The highest BCUT2D eigenvalue weighted by atomic mass is 35.5. The van der Waals surface area contributed by atoms with E-state index in [0.29, 0.717) is 16.5 Å². The van der Waals surface area contributed by atoms with Gasteiger partial charge < -0.3 is 4.57 Å². The van der Waals surface area contributed by atoms with Gasteiger partial charge >= 0.3 is 0 Å². The highest BCUT2D eigenvalue weighted by Crippen LogP contribution is 2.34. The number of hydrazine groups is 1. The van der Waals surface area contributed by atoms with Gasteiger partial charge in [-0.2, -0.15) is 5.01 Å². The third-order valence-electron chi connectivity index (χ3n) is 5.96. The van der Waals surface area contributed by atoms with Gasteiger partial charge in [0.1, 0.15) is 0 Å². The molecule has 2 heterocycles. The Balaban J connectivity index is 1.42. The second-order valence-electron chi connectivity index (χ2n) is 8.66. The van der Waals surface area contributed by atoms with E-state index in [-0.39, 0.29) is 15.8 Å². The molecule has 1 aromatic heterocycles. The Morgan fingerprint density at radius 1 is 1.06 bits per heavy atom. The van der Waals surface area contributed by atoms with E-state index in [1.54, 1.807) is 18.2 Å². The Kier molecular flexibility index (Phi) is 6.71. The van der Waals surface area contributed by atoms with E-state index in [9.17, 15) is 9.59 Å². The molecule has 3 aromatic carbocycles. The maximum atomic E-state index is 13.2. The lowest BCUT2D eigenvalue weighted by Crippen LogP contribution is -2.44. The van der Waals surface area contributed by atoms with Crippen molar-refractivity contribution in [3.8, 4) is 0 Å². The number of aromatic nitrogens is 1. The number of carbonyl (C=O) groups excluding carboxylic acids is 2. The molecule has 1 aliphatic rings. The van der Waals surface area contributed by atoms with E-state index in [1.807, 2.05) is 37.4 Å². The van der Waals surface area contributed by atoms with Crippen LogP contribution in [0.15, 0.2) is 77.8 Å². The van der Waals surface area contributed by atoms with Crippen LogP contribution in [0.25, 0.3) is 17.0 Å². The largest absolute Gasteiger partial charge is 0.342 e. The molecule has 36 heavy (non-hydrogen) atoms. The van der Waals surface area contributed by atoms with Crippen LogP contribution < -0.4 is 5.43 Å². The van der Waals surface area contributed by atoms with E-state index in [1.165, 1.54) is 11.1 Å². The van der Waals surface area contributed by atoms with E-state index >= 15 is 0 Å². The molecule has 0 bridgehead atoms. The second-order valence-corrected chi connectivity index (χ2v) is 10.7. The zero-order valence-electron chi connectivity index (χ0n) is 19.6. The number of nitrogens with one attached hydrogen (secondary N) is 1. The van der Waals surface area contributed by atoms with Crippen LogP contribution in [-0.4, -0.2) is 25.7 Å². The number of para-hydroxylation sites is 1. The van der Waals surface area contributed by atoms with Crippen molar-refractivity contribution in [2.45, 2.75) is 20.4 Å². The van der Waals surface area contributed by atoms with Crippen LogP contribution in [0, 0.1) is 13.8 Å². The van der Waals surface area contributed by atoms with Crippen LogP contribution in [0.1, 0.15) is 32.6 Å². The van der Waals surface area contributed by atoms with Crippen molar-refractivity contribution in [1.29, 1.82) is 0 Å². The third kappa shape index (κ3) is 4.82. The summed E-state index contributed by atoms with van der Waals surface area (Å²) < 4.78 is 2.43. The molecule has 2 amide bonds. The summed E-state index contributed by atoms with van der Waals surface area (Å²) in [4.78, 5) is 26.4. The van der Waals surface area contributed by atoms with Crippen molar-refractivity contribution in [1.82, 2.24) is 15.0 Å². The van der Waals surface area contributed by atoms with Crippen molar-refractivity contribution < 1.29 is 9.59 Å². The maximum Gasteiger partial charge on any atom is 0.285 e. The fourth-order valence-electron chi connectivity index (χ4n) is 4.08. The number of nitrogens with zero attached hydrogens (tertiary/aromatic N) is 2. The minimum absolute atomic E-state index is 0.256. The highest BCUT2D eigenvalue weighted by Gasteiger charge is 2.34. The summed E-state index contributed by atoms with van der Waals surface area (Å²) in [6, 6.07) is 21.7. The molecule has 4 aromatic rings. The zero-order valence-corrected chi connectivity index (χ0v) is 22.0. The average molecular weight is 532 g/mol. The molecule has 180 valence electrons. The van der Waals surface area contributed by atoms with Crippen molar-refractivity contribution in [2.75, 3.05) is 0 Å². The van der Waals surface area contributed by atoms with E-state index < -0.39 is 5.91 Å². The Hall–Kier alpha value is -3.39. The number of thioether (sulfide) groups is 1. The fourth-order valence-corrected chi connectivity index (χ4v) is 5.57. The van der Waals surface area contributed by atoms with Crippen molar-refractivity contribution >= 4 is 68.7 Å². The molecule has 1 saturated heterocycles. The van der Waals surface area contributed by atoms with Crippen LogP contribution in [0.4, 0.5) is 0 Å². The van der Waals surface area contributed by atoms with Gasteiger partial charge in [-0.3, -0.25) is 15.0 Å². The number of carbonyl (C=O) groups is 2. The molecule has 0 spiro atoms. The number of amides is 2. The number of hydrogen-bond donors (Lipinski definition) is 1. The minimum Gasteiger partial charge on any atom is -0.342 e. The topological polar surface area (TPSA) is 54.3 Å². The number of hydrogen-bond acceptors (Lipinski definition) is 4. The molecule has 0 unspecified atom stereocenters. The Morgan fingerprint density at radius 2 is 1.78 bits per heavy atom. The zero-order chi connectivity index (χ0) is 25.4. The smallest absolute Gasteiger partial charge is 0.285 e. The lowest BCUT2D eigenvalue weighted by Gasteiger charge is -2.16. The molecule has 5 nitrogen and oxygen atoms in total. The second kappa shape index (κ2) is 9.93. The molecule has 1 N–H and O–H groups in total. The average Bonchev–Trinajstić information content (AvgIpc) is 3.32. The van der Waals surface area contributed by atoms with E-state index in [2.05, 4.69) is 47.2 Å². The number of rotatable bonds is 5. The highest BCUT2D eigenvalue weighted by molar-refractivity contribution is 8.26. The van der Waals surface area contributed by atoms with Crippen LogP contribution in [-0.2, 0) is 11.3 Å². The number of aryl methyl sites for hydroxylation is 2. The quantitative estimate of drug-likeness (QED) is 0.236. The standard InChI is InChI=1S/C28H22ClN3O2S2/c1-17-7-10-19(11-8-17)15-31-16-20(21-5-3-4-6-24(21)31)14-25-27(34)32(28(35)36-25)30-26(33)22-12-9-18(2)13-23(22)29/h3-14,16H,15H2,1-2H3,(H,30,33)/b25-14-. The molecule has 5 rings (SSSR count). The molecular formula is C28H22ClN3O2S2. The van der Waals surface area contributed by atoms with Crippen LogP contribution in [0.2, 0.25) is 5.02 Å². The van der Waals surface area contributed by atoms with Crippen LogP contribution in [0.3, 0.4) is 0 Å². The Bertz CT molecular complexity index is 1560. The molecule has 0 aliphatic carbocycles. The number of benzene rings is 3. The molecule has 0 saturated carbocycles. The van der Waals surface area contributed by atoms with Crippen LogP contribution >= 0.6 is 35.6 Å². The molecule has 0 atom stereocenters. The van der Waals surface area contributed by atoms with Gasteiger partial charge in [0.15, 0.2) is 4.32 Å². The summed E-state index contributed by atoms with van der Waals surface area (Å²) in [5, 5.41) is 2.45. The summed E-state index contributed by atoms with van der Waals surface area (Å²) in [5.41, 5.74) is 8.21. The van der Waals surface area contributed by atoms with Crippen molar-refractivity contribution in [3.05, 3.63) is 111 Å². The molecular weight excluding hydrogens is 510 g/mol. The first-order valence-electron chi connectivity index (χ1n) is 11.3.